The number of aromatic nitrogens is 3. The number of fused-ring (bicyclic) bond motifs is 1. The highest BCUT2D eigenvalue weighted by Crippen LogP contribution is 2.21. The van der Waals surface area contributed by atoms with Crippen LogP contribution in [0.15, 0.2) is 47.2 Å². The van der Waals surface area contributed by atoms with Crippen LogP contribution in [0, 0.1) is 5.92 Å². The van der Waals surface area contributed by atoms with Gasteiger partial charge in [0, 0.05) is 6.20 Å². The van der Waals surface area contributed by atoms with Crippen molar-refractivity contribution in [2.24, 2.45) is 5.92 Å². The van der Waals surface area contributed by atoms with E-state index in [2.05, 4.69) is 34.7 Å². The molecule has 1 aliphatic rings. The zero-order valence-electron chi connectivity index (χ0n) is 17.3. The van der Waals surface area contributed by atoms with Crippen LogP contribution < -0.4 is 10.6 Å². The van der Waals surface area contributed by atoms with E-state index in [1.807, 2.05) is 28.8 Å². The van der Waals surface area contributed by atoms with E-state index < -0.39 is 18.0 Å². The topological polar surface area (TPSA) is 122 Å². The van der Waals surface area contributed by atoms with Crippen LogP contribution in [0.1, 0.15) is 44.3 Å². The average molecular weight is 424 g/mol. The first-order valence-electron chi connectivity index (χ1n) is 10.2. The molecular weight excluding hydrogens is 400 g/mol. The van der Waals surface area contributed by atoms with Gasteiger partial charge in [-0.05, 0) is 36.6 Å². The largest absolute Gasteiger partial charge is 0.467 e. The van der Waals surface area contributed by atoms with Crippen molar-refractivity contribution in [1.82, 2.24) is 30.1 Å². The van der Waals surface area contributed by atoms with Crippen molar-refractivity contribution in [3.63, 3.8) is 0 Å². The van der Waals surface area contributed by atoms with Gasteiger partial charge in [0.15, 0.2) is 11.5 Å². The van der Waals surface area contributed by atoms with Crippen LogP contribution >= 0.6 is 0 Å². The number of rotatable bonds is 8. The highest BCUT2D eigenvalue weighted by molar-refractivity contribution is 6.05. The summed E-state index contributed by atoms with van der Waals surface area (Å²) in [5, 5.41) is 14.0. The summed E-state index contributed by atoms with van der Waals surface area (Å²) in [4.78, 5) is 38.7. The second-order valence-corrected chi connectivity index (χ2v) is 7.95. The number of hydrogen-bond acceptors (Lipinski definition) is 6. The molecule has 1 saturated heterocycles. The second-order valence-electron chi connectivity index (χ2n) is 7.95. The van der Waals surface area contributed by atoms with Gasteiger partial charge >= 0.3 is 6.03 Å². The quantitative estimate of drug-likeness (QED) is 0.534. The van der Waals surface area contributed by atoms with E-state index in [1.54, 1.807) is 12.1 Å². The molecule has 1 aliphatic heterocycles. The van der Waals surface area contributed by atoms with Crippen molar-refractivity contribution < 1.29 is 18.8 Å². The van der Waals surface area contributed by atoms with Crippen LogP contribution in [0.25, 0.3) is 5.65 Å². The first-order chi connectivity index (χ1) is 14.9. The number of carbonyl (C=O) groups excluding carboxylic acids is 3. The SMILES string of the molecule is CC(C)CC(NC(=O)CC1NC(=O)N(Cc2ccco2)C1=O)c1nnc2ccccn12. The van der Waals surface area contributed by atoms with E-state index in [4.69, 9.17) is 4.42 Å². The Morgan fingerprint density at radius 2 is 2.06 bits per heavy atom. The van der Waals surface area contributed by atoms with Crippen LogP contribution in [-0.2, 0) is 16.1 Å². The molecule has 10 heteroatoms. The van der Waals surface area contributed by atoms with Crippen LogP contribution in [0.3, 0.4) is 0 Å². The van der Waals surface area contributed by atoms with E-state index in [9.17, 15) is 14.4 Å². The standard InChI is InChI=1S/C21H24N6O4/c1-13(2)10-15(19-25-24-17-7-3-4-8-26(17)19)22-18(28)11-16-20(29)27(21(30)23-16)12-14-6-5-9-31-14/h3-9,13,15-16H,10-12H2,1-2H3,(H,22,28)(H,23,30). The number of hydrogen-bond donors (Lipinski definition) is 2. The minimum Gasteiger partial charge on any atom is -0.467 e. The molecule has 162 valence electrons. The lowest BCUT2D eigenvalue weighted by molar-refractivity contribution is -0.131. The molecule has 10 nitrogen and oxygen atoms in total. The Bertz CT molecular complexity index is 1090. The maximum atomic E-state index is 12.8. The van der Waals surface area contributed by atoms with Gasteiger partial charge in [0.2, 0.25) is 5.91 Å². The molecule has 0 aliphatic carbocycles. The van der Waals surface area contributed by atoms with Gasteiger partial charge in [-0.15, -0.1) is 10.2 Å². The fourth-order valence-corrected chi connectivity index (χ4v) is 3.66. The van der Waals surface area contributed by atoms with E-state index in [0.717, 1.165) is 4.90 Å². The van der Waals surface area contributed by atoms with Gasteiger partial charge in [-0.25, -0.2) is 4.79 Å². The Balaban J connectivity index is 1.44. The third kappa shape index (κ3) is 4.42. The Morgan fingerprint density at radius 3 is 2.81 bits per heavy atom. The van der Waals surface area contributed by atoms with Gasteiger partial charge in [0.05, 0.1) is 25.3 Å². The average Bonchev–Trinajstić information content (AvgIpc) is 3.44. The molecule has 4 rings (SSSR count). The Hall–Kier alpha value is -3.69. The molecule has 1 fully saturated rings. The van der Waals surface area contributed by atoms with Crippen LogP contribution in [0.5, 0.6) is 0 Å². The highest BCUT2D eigenvalue weighted by Gasteiger charge is 2.39. The number of carbonyl (C=O) groups is 3. The summed E-state index contributed by atoms with van der Waals surface area (Å²) in [6.45, 7) is 4.13. The van der Waals surface area contributed by atoms with E-state index in [0.29, 0.717) is 23.7 Å². The fourth-order valence-electron chi connectivity index (χ4n) is 3.66. The van der Waals surface area contributed by atoms with Crippen molar-refractivity contribution >= 4 is 23.5 Å². The zero-order valence-corrected chi connectivity index (χ0v) is 17.3. The second kappa shape index (κ2) is 8.58. The third-order valence-corrected chi connectivity index (χ3v) is 5.08. The van der Waals surface area contributed by atoms with E-state index in [1.165, 1.54) is 6.26 Å². The number of pyridine rings is 1. The molecule has 0 aromatic carbocycles. The Morgan fingerprint density at radius 1 is 1.23 bits per heavy atom. The number of imide groups is 1. The molecule has 4 amide bonds. The van der Waals surface area contributed by atoms with Crippen LogP contribution in [0.4, 0.5) is 4.79 Å². The molecule has 0 bridgehead atoms. The van der Waals surface area contributed by atoms with Gasteiger partial charge in [0.1, 0.15) is 11.8 Å². The number of furan rings is 1. The Labute approximate surface area is 178 Å². The summed E-state index contributed by atoms with van der Waals surface area (Å²) in [6.07, 6.45) is 3.81. The van der Waals surface area contributed by atoms with Gasteiger partial charge < -0.3 is 15.1 Å². The third-order valence-electron chi connectivity index (χ3n) is 5.08. The number of nitrogens with zero attached hydrogens (tertiary/aromatic N) is 4. The Kier molecular flexibility index (Phi) is 5.70. The van der Waals surface area contributed by atoms with Gasteiger partial charge in [-0.1, -0.05) is 19.9 Å². The lowest BCUT2D eigenvalue weighted by Gasteiger charge is -2.20. The molecular formula is C21H24N6O4. The first kappa shape index (κ1) is 20.6. The summed E-state index contributed by atoms with van der Waals surface area (Å²) in [6, 6.07) is 7.10. The zero-order chi connectivity index (χ0) is 22.0. The molecule has 0 radical (unpaired) electrons. The number of nitrogens with one attached hydrogen (secondary N) is 2. The number of urea groups is 1. The maximum Gasteiger partial charge on any atom is 0.325 e. The van der Waals surface area contributed by atoms with E-state index in [-0.39, 0.29) is 30.8 Å². The van der Waals surface area contributed by atoms with Crippen molar-refractivity contribution in [3.05, 3.63) is 54.4 Å². The summed E-state index contributed by atoms with van der Waals surface area (Å²) >= 11 is 0. The number of amides is 4. The van der Waals surface area contributed by atoms with E-state index >= 15 is 0 Å². The van der Waals surface area contributed by atoms with Gasteiger partial charge in [0.25, 0.3) is 5.91 Å². The smallest absolute Gasteiger partial charge is 0.325 e. The molecule has 2 unspecified atom stereocenters. The normalized spacial score (nSPS) is 17.4. The summed E-state index contributed by atoms with van der Waals surface area (Å²) in [7, 11) is 0. The lowest BCUT2D eigenvalue weighted by atomic mass is 10.0. The highest BCUT2D eigenvalue weighted by atomic mass is 16.3. The van der Waals surface area contributed by atoms with Crippen LogP contribution in [-0.4, -0.2) is 43.4 Å². The molecule has 0 saturated carbocycles. The fraction of sp³-hybridized carbons (Fsp3) is 0.381. The lowest BCUT2D eigenvalue weighted by Crippen LogP contribution is -2.38. The molecule has 3 aromatic heterocycles. The van der Waals surface area contributed by atoms with Crippen molar-refractivity contribution in [2.75, 3.05) is 0 Å². The maximum absolute atomic E-state index is 12.8. The molecule has 31 heavy (non-hydrogen) atoms. The predicted molar refractivity (Wildman–Crippen MR) is 110 cm³/mol. The monoisotopic (exact) mass is 424 g/mol. The van der Waals surface area contributed by atoms with Gasteiger partial charge in [-0.3, -0.25) is 18.9 Å². The molecule has 3 aromatic rings. The molecule has 2 atom stereocenters. The first-order valence-corrected chi connectivity index (χ1v) is 10.2. The summed E-state index contributed by atoms with van der Waals surface area (Å²) in [5.41, 5.74) is 0.687. The predicted octanol–water partition coefficient (Wildman–Crippen LogP) is 2.04. The van der Waals surface area contributed by atoms with Crippen molar-refractivity contribution in [1.29, 1.82) is 0 Å². The van der Waals surface area contributed by atoms with Crippen molar-refractivity contribution in [3.8, 4) is 0 Å². The van der Waals surface area contributed by atoms with Gasteiger partial charge in [-0.2, -0.15) is 0 Å². The summed E-state index contributed by atoms with van der Waals surface area (Å²) < 4.78 is 7.04. The molecule has 2 N–H and O–H groups in total. The summed E-state index contributed by atoms with van der Waals surface area (Å²) in [5.74, 6) is 0.600. The minimum atomic E-state index is -0.919. The minimum absolute atomic E-state index is 0.0253. The van der Waals surface area contributed by atoms with Crippen LogP contribution in [0.2, 0.25) is 0 Å². The van der Waals surface area contributed by atoms with Crippen molar-refractivity contribution in [2.45, 2.75) is 45.3 Å². The molecule has 0 spiro atoms. The molecule has 4 heterocycles.